The van der Waals surface area contributed by atoms with Gasteiger partial charge in [0.15, 0.2) is 4.34 Å². The van der Waals surface area contributed by atoms with E-state index in [2.05, 4.69) is 25.5 Å². The van der Waals surface area contributed by atoms with Crippen molar-refractivity contribution in [3.05, 3.63) is 76.0 Å². The van der Waals surface area contributed by atoms with Gasteiger partial charge >= 0.3 is 0 Å². The number of rotatable bonds is 7. The maximum Gasteiger partial charge on any atom is 0.260 e. The summed E-state index contributed by atoms with van der Waals surface area (Å²) in [4.78, 5) is 21.0. The van der Waals surface area contributed by atoms with Gasteiger partial charge in [-0.3, -0.25) is 4.79 Å². The molecule has 0 radical (unpaired) electrons. The highest BCUT2D eigenvalue weighted by molar-refractivity contribution is 8.00. The second-order valence-corrected chi connectivity index (χ2v) is 9.36. The summed E-state index contributed by atoms with van der Waals surface area (Å²) in [6.07, 6.45) is 1.64. The van der Waals surface area contributed by atoms with Crippen LogP contribution in [-0.4, -0.2) is 20.2 Å². The highest BCUT2D eigenvalue weighted by Gasteiger charge is 2.13. The van der Waals surface area contributed by atoms with Crippen LogP contribution in [-0.2, 0) is 12.3 Å². The van der Waals surface area contributed by atoms with Crippen LogP contribution >= 0.6 is 34.4 Å². The number of hydrogen-bond acceptors (Lipinski definition) is 9. The number of aromatic amines is 1. The van der Waals surface area contributed by atoms with E-state index in [-0.39, 0.29) is 5.56 Å². The molecule has 0 aliphatic heterocycles. The molecule has 0 saturated carbocycles. The van der Waals surface area contributed by atoms with Crippen molar-refractivity contribution >= 4 is 49.8 Å². The van der Waals surface area contributed by atoms with Crippen LogP contribution in [0, 0.1) is 0 Å². The molecule has 7 nitrogen and oxygen atoms in total. The van der Waals surface area contributed by atoms with Crippen LogP contribution in [0.5, 0.6) is 0 Å². The Morgan fingerprint density at radius 1 is 1.13 bits per heavy atom. The number of aromatic nitrogens is 4. The number of thioether (sulfide) groups is 1. The van der Waals surface area contributed by atoms with E-state index in [4.69, 9.17) is 4.42 Å². The first-order valence-electron chi connectivity index (χ1n) is 9.04. The number of benzene rings is 1. The predicted octanol–water partition coefficient (Wildman–Crippen LogP) is 5.00. The number of H-pyrrole nitrogens is 1. The molecule has 0 bridgehead atoms. The lowest BCUT2D eigenvalue weighted by atomic mass is 10.1. The number of fused-ring (bicyclic) bond motifs is 1. The number of anilines is 1. The van der Waals surface area contributed by atoms with E-state index in [1.807, 2.05) is 47.8 Å². The van der Waals surface area contributed by atoms with Crippen molar-refractivity contribution in [2.75, 3.05) is 5.32 Å². The highest BCUT2D eigenvalue weighted by Crippen LogP contribution is 2.32. The van der Waals surface area contributed by atoms with Crippen molar-refractivity contribution in [1.29, 1.82) is 0 Å². The number of furan rings is 1. The molecule has 0 saturated heterocycles. The zero-order chi connectivity index (χ0) is 20.3. The topological polar surface area (TPSA) is 96.7 Å². The summed E-state index contributed by atoms with van der Waals surface area (Å²) in [6, 6.07) is 13.6. The van der Waals surface area contributed by atoms with Crippen LogP contribution in [0.15, 0.2) is 67.7 Å². The average Bonchev–Trinajstić information content (AvgIpc) is 3.52. The molecule has 5 rings (SSSR count). The summed E-state index contributed by atoms with van der Waals surface area (Å²) < 4.78 is 6.09. The Balaban J connectivity index is 1.29. The standard InChI is InChI=1S/C20H15N5O2S3/c26-17-16-14(12-5-2-1-3-6-12)10-28-18(16)23-15(22-17)11-29-20-25-24-19(30-20)21-9-13-7-4-8-27-13/h1-8,10H,9,11H2,(H,21,24)(H,22,23,26). The molecule has 0 atom stereocenters. The monoisotopic (exact) mass is 453 g/mol. The van der Waals surface area contributed by atoms with Gasteiger partial charge in [0.25, 0.3) is 5.56 Å². The molecule has 10 heteroatoms. The lowest BCUT2D eigenvalue weighted by molar-refractivity contribution is 0.518. The molecule has 0 fully saturated rings. The summed E-state index contributed by atoms with van der Waals surface area (Å²) in [5.74, 6) is 1.97. The molecule has 5 aromatic rings. The molecule has 4 aromatic heterocycles. The van der Waals surface area contributed by atoms with Gasteiger partial charge in [0.1, 0.15) is 16.4 Å². The zero-order valence-electron chi connectivity index (χ0n) is 15.5. The third-order valence-corrected chi connectivity index (χ3v) is 7.21. The third kappa shape index (κ3) is 4.02. The molecule has 0 aliphatic rings. The minimum atomic E-state index is -0.117. The molecule has 150 valence electrons. The lowest BCUT2D eigenvalue weighted by Crippen LogP contribution is -2.10. The van der Waals surface area contributed by atoms with Crippen LogP contribution in [0.2, 0.25) is 0 Å². The second kappa shape index (κ2) is 8.42. The van der Waals surface area contributed by atoms with E-state index in [9.17, 15) is 4.79 Å². The number of hydrogen-bond donors (Lipinski definition) is 2. The highest BCUT2D eigenvalue weighted by atomic mass is 32.2. The minimum Gasteiger partial charge on any atom is -0.467 e. The Hall–Kier alpha value is -2.95. The molecular formula is C20H15N5O2S3. The van der Waals surface area contributed by atoms with E-state index in [1.165, 1.54) is 34.4 Å². The Bertz CT molecular complexity index is 1330. The first kappa shape index (κ1) is 19.0. The summed E-state index contributed by atoms with van der Waals surface area (Å²) in [5, 5.41) is 14.8. The molecule has 2 N–H and O–H groups in total. The van der Waals surface area contributed by atoms with Crippen molar-refractivity contribution in [3.63, 3.8) is 0 Å². The van der Waals surface area contributed by atoms with Gasteiger partial charge in [0.2, 0.25) is 5.13 Å². The van der Waals surface area contributed by atoms with Gasteiger partial charge in [0.05, 0.1) is 23.9 Å². The minimum absolute atomic E-state index is 0.117. The Morgan fingerprint density at radius 2 is 2.03 bits per heavy atom. The summed E-state index contributed by atoms with van der Waals surface area (Å²) >= 11 is 4.43. The molecule has 0 amide bonds. The third-order valence-electron chi connectivity index (χ3n) is 4.31. The number of nitrogens with zero attached hydrogens (tertiary/aromatic N) is 3. The summed E-state index contributed by atoms with van der Waals surface area (Å²) in [6.45, 7) is 0.556. The van der Waals surface area contributed by atoms with Gasteiger partial charge in [-0.2, -0.15) is 0 Å². The average molecular weight is 454 g/mol. The van der Waals surface area contributed by atoms with Crippen molar-refractivity contribution in [2.45, 2.75) is 16.6 Å². The SMILES string of the molecule is O=c1[nH]c(CSc2nnc(NCc3ccco3)s2)nc2scc(-c3ccccc3)c12. The maximum atomic E-state index is 12.7. The maximum absolute atomic E-state index is 12.7. The molecule has 30 heavy (non-hydrogen) atoms. The smallest absolute Gasteiger partial charge is 0.260 e. The Morgan fingerprint density at radius 3 is 2.87 bits per heavy atom. The molecule has 0 spiro atoms. The van der Waals surface area contributed by atoms with Crippen molar-refractivity contribution in [2.24, 2.45) is 0 Å². The summed E-state index contributed by atoms with van der Waals surface area (Å²) in [5.41, 5.74) is 1.82. The van der Waals surface area contributed by atoms with Crippen LogP contribution in [0.1, 0.15) is 11.6 Å². The number of nitrogens with one attached hydrogen (secondary N) is 2. The summed E-state index contributed by atoms with van der Waals surface area (Å²) in [7, 11) is 0. The van der Waals surface area contributed by atoms with Crippen molar-refractivity contribution < 1.29 is 4.42 Å². The van der Waals surface area contributed by atoms with E-state index in [0.717, 1.165) is 31.2 Å². The fraction of sp³-hybridized carbons (Fsp3) is 0.100. The molecule has 1 aromatic carbocycles. The Labute approximate surface area is 183 Å². The zero-order valence-corrected chi connectivity index (χ0v) is 17.9. The van der Waals surface area contributed by atoms with Crippen molar-refractivity contribution in [1.82, 2.24) is 20.2 Å². The fourth-order valence-electron chi connectivity index (χ4n) is 2.94. The fourth-order valence-corrected chi connectivity index (χ4v) is 5.52. The van der Waals surface area contributed by atoms with Crippen LogP contribution in [0.4, 0.5) is 5.13 Å². The van der Waals surface area contributed by atoms with Gasteiger partial charge in [-0.05, 0) is 17.7 Å². The van der Waals surface area contributed by atoms with Gasteiger partial charge < -0.3 is 14.7 Å². The number of thiophene rings is 1. The van der Waals surface area contributed by atoms with Gasteiger partial charge in [-0.15, -0.1) is 21.5 Å². The van der Waals surface area contributed by atoms with Gasteiger partial charge in [-0.1, -0.05) is 53.4 Å². The Kier molecular flexibility index (Phi) is 5.35. The van der Waals surface area contributed by atoms with Crippen molar-refractivity contribution in [3.8, 4) is 11.1 Å². The van der Waals surface area contributed by atoms with Gasteiger partial charge in [-0.25, -0.2) is 4.98 Å². The first-order chi connectivity index (χ1) is 14.8. The molecular weight excluding hydrogens is 438 g/mol. The first-order valence-corrected chi connectivity index (χ1v) is 11.7. The van der Waals surface area contributed by atoms with Crippen LogP contribution < -0.4 is 10.9 Å². The quantitative estimate of drug-likeness (QED) is 0.335. The lowest BCUT2D eigenvalue weighted by Gasteiger charge is -2.01. The second-order valence-electron chi connectivity index (χ2n) is 6.30. The largest absolute Gasteiger partial charge is 0.467 e. The van der Waals surface area contributed by atoms with E-state index in [1.54, 1.807) is 6.26 Å². The predicted molar refractivity (Wildman–Crippen MR) is 121 cm³/mol. The van der Waals surface area contributed by atoms with Crippen LogP contribution in [0.25, 0.3) is 21.3 Å². The van der Waals surface area contributed by atoms with Gasteiger partial charge in [0, 0.05) is 10.9 Å². The van der Waals surface area contributed by atoms with E-state index < -0.39 is 0 Å². The normalized spacial score (nSPS) is 11.2. The molecule has 0 unspecified atom stereocenters. The molecule has 0 aliphatic carbocycles. The van der Waals surface area contributed by atoms with E-state index >= 15 is 0 Å². The molecule has 4 heterocycles. The van der Waals surface area contributed by atoms with E-state index in [0.29, 0.717) is 23.5 Å². The van der Waals surface area contributed by atoms with Crippen LogP contribution in [0.3, 0.4) is 0 Å².